The molecule has 0 aliphatic carbocycles. The minimum absolute atomic E-state index is 0.0716. The van der Waals surface area contributed by atoms with Gasteiger partial charge in [0.2, 0.25) is 5.91 Å². The van der Waals surface area contributed by atoms with Gasteiger partial charge in [-0.25, -0.2) is 0 Å². The van der Waals surface area contributed by atoms with Crippen molar-refractivity contribution in [3.8, 4) is 0 Å². The van der Waals surface area contributed by atoms with Gasteiger partial charge in [0, 0.05) is 32.7 Å². The smallest absolute Gasteiger partial charge is 0.234 e. The predicted molar refractivity (Wildman–Crippen MR) is 101 cm³/mol. The highest BCUT2D eigenvalue weighted by Crippen LogP contribution is 2.08. The molecule has 0 saturated carbocycles. The average Bonchev–Trinajstić information content (AvgIpc) is 2.60. The van der Waals surface area contributed by atoms with E-state index in [9.17, 15) is 4.79 Å². The molecule has 1 heterocycles. The Kier molecular flexibility index (Phi) is 8.38. The fourth-order valence-corrected chi connectivity index (χ4v) is 3.19. The quantitative estimate of drug-likeness (QED) is 0.742. The molecule has 140 valence electrons. The van der Waals surface area contributed by atoms with Gasteiger partial charge >= 0.3 is 0 Å². The van der Waals surface area contributed by atoms with Gasteiger partial charge in [0.25, 0.3) is 0 Å². The van der Waals surface area contributed by atoms with Crippen molar-refractivity contribution in [1.29, 1.82) is 0 Å². The molecule has 1 saturated heterocycles. The number of nitrogens with zero attached hydrogens (tertiary/aromatic N) is 2. The first-order valence-corrected chi connectivity index (χ1v) is 9.43. The SMILES string of the molecule is CCN(CC(=O)NCC1CN(CC(C)C)CCO1)Cc1ccccc1. The lowest BCUT2D eigenvalue weighted by atomic mass is 10.2. The maximum atomic E-state index is 12.3. The third-order valence-electron chi connectivity index (χ3n) is 4.44. The molecule has 5 heteroatoms. The predicted octanol–water partition coefficient (Wildman–Crippen LogP) is 1.98. The van der Waals surface area contributed by atoms with Crippen LogP contribution in [0, 0.1) is 5.92 Å². The summed E-state index contributed by atoms with van der Waals surface area (Å²) >= 11 is 0. The molecule has 0 aromatic heterocycles. The number of rotatable bonds is 9. The van der Waals surface area contributed by atoms with Gasteiger partial charge < -0.3 is 10.1 Å². The zero-order valence-electron chi connectivity index (χ0n) is 15.9. The molecule has 1 atom stereocenters. The Morgan fingerprint density at radius 3 is 2.80 bits per heavy atom. The molecule has 1 fully saturated rings. The molecule has 1 aliphatic rings. The summed E-state index contributed by atoms with van der Waals surface area (Å²) in [7, 11) is 0. The van der Waals surface area contributed by atoms with Gasteiger partial charge in [0.1, 0.15) is 0 Å². The molecule has 1 amide bonds. The molecule has 0 spiro atoms. The molecule has 1 N–H and O–H groups in total. The monoisotopic (exact) mass is 347 g/mol. The number of carbonyl (C=O) groups excluding carboxylic acids is 1. The fraction of sp³-hybridized carbons (Fsp3) is 0.650. The van der Waals surface area contributed by atoms with Crippen molar-refractivity contribution < 1.29 is 9.53 Å². The van der Waals surface area contributed by atoms with E-state index in [-0.39, 0.29) is 12.0 Å². The number of benzene rings is 1. The minimum atomic E-state index is 0.0716. The Hall–Kier alpha value is -1.43. The van der Waals surface area contributed by atoms with Crippen molar-refractivity contribution in [3.05, 3.63) is 35.9 Å². The van der Waals surface area contributed by atoms with Crippen LogP contribution in [0.1, 0.15) is 26.3 Å². The van der Waals surface area contributed by atoms with E-state index in [0.717, 1.165) is 39.3 Å². The van der Waals surface area contributed by atoms with Gasteiger partial charge in [0.15, 0.2) is 0 Å². The number of morpholine rings is 1. The highest BCUT2D eigenvalue weighted by molar-refractivity contribution is 5.78. The van der Waals surface area contributed by atoms with E-state index in [1.54, 1.807) is 0 Å². The summed E-state index contributed by atoms with van der Waals surface area (Å²) in [4.78, 5) is 16.9. The van der Waals surface area contributed by atoms with Crippen LogP contribution in [0.15, 0.2) is 30.3 Å². The Balaban J connectivity index is 1.71. The lowest BCUT2D eigenvalue weighted by Crippen LogP contribution is -2.49. The lowest BCUT2D eigenvalue weighted by molar-refractivity contribution is -0.123. The lowest BCUT2D eigenvalue weighted by Gasteiger charge is -2.34. The highest BCUT2D eigenvalue weighted by Gasteiger charge is 2.21. The van der Waals surface area contributed by atoms with Crippen LogP contribution in [0.5, 0.6) is 0 Å². The third-order valence-corrected chi connectivity index (χ3v) is 4.44. The zero-order chi connectivity index (χ0) is 18.1. The van der Waals surface area contributed by atoms with E-state index in [2.05, 4.69) is 48.0 Å². The van der Waals surface area contributed by atoms with E-state index in [1.165, 1.54) is 5.56 Å². The molecule has 1 aromatic rings. The third kappa shape index (κ3) is 7.55. The van der Waals surface area contributed by atoms with Crippen molar-refractivity contribution in [1.82, 2.24) is 15.1 Å². The van der Waals surface area contributed by atoms with Crippen molar-refractivity contribution in [3.63, 3.8) is 0 Å². The van der Waals surface area contributed by atoms with Crippen molar-refractivity contribution >= 4 is 5.91 Å². The van der Waals surface area contributed by atoms with Crippen LogP contribution in [0.4, 0.5) is 0 Å². The molecule has 1 aromatic carbocycles. The van der Waals surface area contributed by atoms with E-state index < -0.39 is 0 Å². The van der Waals surface area contributed by atoms with Gasteiger partial charge in [-0.3, -0.25) is 14.6 Å². The maximum Gasteiger partial charge on any atom is 0.234 e. The normalized spacial score (nSPS) is 18.7. The number of carbonyl (C=O) groups is 1. The number of amides is 1. The molecule has 1 unspecified atom stereocenters. The highest BCUT2D eigenvalue weighted by atomic mass is 16.5. The van der Waals surface area contributed by atoms with Crippen molar-refractivity contribution in [2.75, 3.05) is 45.9 Å². The van der Waals surface area contributed by atoms with E-state index in [4.69, 9.17) is 4.74 Å². The molecule has 2 rings (SSSR count). The van der Waals surface area contributed by atoms with Gasteiger partial charge in [-0.15, -0.1) is 0 Å². The van der Waals surface area contributed by atoms with E-state index >= 15 is 0 Å². The van der Waals surface area contributed by atoms with Crippen molar-refractivity contribution in [2.45, 2.75) is 33.4 Å². The van der Waals surface area contributed by atoms with Gasteiger partial charge in [0.05, 0.1) is 19.3 Å². The van der Waals surface area contributed by atoms with Crippen LogP contribution in [-0.2, 0) is 16.1 Å². The molecule has 5 nitrogen and oxygen atoms in total. The number of hydrogen-bond donors (Lipinski definition) is 1. The molecule has 25 heavy (non-hydrogen) atoms. The summed E-state index contributed by atoms with van der Waals surface area (Å²) in [5, 5.41) is 3.04. The van der Waals surface area contributed by atoms with Crippen LogP contribution in [-0.4, -0.2) is 67.7 Å². The van der Waals surface area contributed by atoms with Crippen molar-refractivity contribution in [2.24, 2.45) is 5.92 Å². The standard InChI is InChI=1S/C20H33N3O2/c1-4-22(14-18-8-6-5-7-9-18)16-20(24)21-12-19-15-23(10-11-25-19)13-17(2)3/h5-9,17,19H,4,10-16H2,1-3H3,(H,21,24). The van der Waals surface area contributed by atoms with Gasteiger partial charge in [-0.1, -0.05) is 51.1 Å². The van der Waals surface area contributed by atoms with E-state index in [1.807, 2.05) is 18.2 Å². The second-order valence-corrected chi connectivity index (χ2v) is 7.24. The van der Waals surface area contributed by atoms with Crippen LogP contribution in [0.2, 0.25) is 0 Å². The maximum absolute atomic E-state index is 12.3. The molecule has 0 radical (unpaired) electrons. The summed E-state index contributed by atoms with van der Waals surface area (Å²) < 4.78 is 5.80. The average molecular weight is 348 g/mol. The van der Waals surface area contributed by atoms with Crippen LogP contribution in [0.3, 0.4) is 0 Å². The van der Waals surface area contributed by atoms with Gasteiger partial charge in [-0.05, 0) is 18.0 Å². The first kappa shape index (κ1) is 19.9. The van der Waals surface area contributed by atoms with Crippen LogP contribution >= 0.6 is 0 Å². The summed E-state index contributed by atoms with van der Waals surface area (Å²) in [5.74, 6) is 0.729. The molecular weight excluding hydrogens is 314 g/mol. The topological polar surface area (TPSA) is 44.8 Å². The first-order chi connectivity index (χ1) is 12.1. The Labute approximate surface area is 152 Å². The molecule has 0 bridgehead atoms. The largest absolute Gasteiger partial charge is 0.374 e. The Bertz CT molecular complexity index is 507. The van der Waals surface area contributed by atoms with Crippen LogP contribution < -0.4 is 5.32 Å². The van der Waals surface area contributed by atoms with Crippen LogP contribution in [0.25, 0.3) is 0 Å². The summed E-state index contributed by atoms with van der Waals surface area (Å²) in [6.07, 6.45) is 0.0978. The Morgan fingerprint density at radius 2 is 2.12 bits per heavy atom. The molecular formula is C20H33N3O2. The van der Waals surface area contributed by atoms with E-state index in [0.29, 0.717) is 19.0 Å². The van der Waals surface area contributed by atoms with Gasteiger partial charge in [-0.2, -0.15) is 0 Å². The minimum Gasteiger partial charge on any atom is -0.374 e. The second-order valence-electron chi connectivity index (χ2n) is 7.24. The Morgan fingerprint density at radius 1 is 1.36 bits per heavy atom. The number of ether oxygens (including phenoxy) is 1. The summed E-state index contributed by atoms with van der Waals surface area (Å²) in [5.41, 5.74) is 1.23. The molecule has 1 aliphatic heterocycles. The fourth-order valence-electron chi connectivity index (χ4n) is 3.19. The zero-order valence-corrected chi connectivity index (χ0v) is 15.9. The number of nitrogens with one attached hydrogen (secondary N) is 1. The summed E-state index contributed by atoms with van der Waals surface area (Å²) in [6.45, 7) is 13.0. The first-order valence-electron chi connectivity index (χ1n) is 9.43. The number of likely N-dealkylation sites (N-methyl/N-ethyl adjacent to an activating group) is 1. The summed E-state index contributed by atoms with van der Waals surface area (Å²) in [6, 6.07) is 10.3. The number of hydrogen-bond acceptors (Lipinski definition) is 4. The second kappa shape index (κ2) is 10.5.